The van der Waals surface area contributed by atoms with E-state index in [4.69, 9.17) is 4.42 Å². The molecule has 2 aliphatic carbocycles. The highest BCUT2D eigenvalue weighted by atomic mass is 16.3. The van der Waals surface area contributed by atoms with Crippen molar-refractivity contribution in [3.05, 3.63) is 173 Å². The largest absolute Gasteiger partial charge is 0.456 e. The summed E-state index contributed by atoms with van der Waals surface area (Å²) in [5, 5.41) is 8.95. The number of benzene rings is 8. The Morgan fingerprint density at radius 2 is 1.15 bits per heavy atom. The molecule has 0 saturated heterocycles. The number of fused-ring (bicyclic) bond motifs is 14. The van der Waals surface area contributed by atoms with Crippen LogP contribution in [0.3, 0.4) is 0 Å². The normalized spacial score (nSPS) is 15.2. The summed E-state index contributed by atoms with van der Waals surface area (Å²) in [4.78, 5) is 0. The Bertz CT molecular complexity index is 3770. The van der Waals surface area contributed by atoms with Crippen molar-refractivity contribution in [3.63, 3.8) is 0 Å². The van der Waals surface area contributed by atoms with Gasteiger partial charge in [-0.2, -0.15) is 0 Å². The van der Waals surface area contributed by atoms with Gasteiger partial charge in [0, 0.05) is 66.6 Å². The van der Waals surface area contributed by atoms with Crippen molar-refractivity contribution in [2.24, 2.45) is 0 Å². The fraction of sp³-hybridized carbons (Fsp3) is 0.226. The van der Waals surface area contributed by atoms with E-state index in [2.05, 4.69) is 219 Å². The number of nitrogens with one attached hydrogen (secondary N) is 1. The number of hydrogen-bond donors (Lipinski definition) is 1. The number of hydrogen-bond acceptors (Lipinski definition) is 2. The van der Waals surface area contributed by atoms with Gasteiger partial charge in [-0.3, -0.25) is 0 Å². The Kier molecular flexibility index (Phi) is 7.78. The number of rotatable bonds is 3. The topological polar surface area (TPSA) is 30.1 Å². The van der Waals surface area contributed by atoms with Gasteiger partial charge in [0.15, 0.2) is 7.28 Å². The molecule has 0 fully saturated rings. The molecular formula is C62H55BN2O. The van der Waals surface area contributed by atoms with Gasteiger partial charge >= 0.3 is 0 Å². The van der Waals surface area contributed by atoms with Gasteiger partial charge in [0.05, 0.1) is 5.52 Å². The van der Waals surface area contributed by atoms with E-state index in [1.54, 1.807) is 0 Å². The summed E-state index contributed by atoms with van der Waals surface area (Å²) < 4.78 is 9.21. The summed E-state index contributed by atoms with van der Waals surface area (Å²) in [6.07, 6.45) is 0. The molecule has 1 aliphatic heterocycles. The molecule has 0 amide bonds. The Labute approximate surface area is 388 Å². The first kappa shape index (κ1) is 39.6. The third-order valence-electron chi connectivity index (χ3n) is 15.9. The van der Waals surface area contributed by atoms with Crippen LogP contribution in [0.1, 0.15) is 103 Å². The second kappa shape index (κ2) is 13.0. The van der Waals surface area contributed by atoms with E-state index in [-0.39, 0.29) is 21.7 Å². The summed E-state index contributed by atoms with van der Waals surface area (Å²) in [7, 11) is 0.800. The molecule has 2 aromatic heterocycles. The number of anilines is 2. The van der Waals surface area contributed by atoms with Crippen LogP contribution in [0.15, 0.2) is 144 Å². The van der Waals surface area contributed by atoms with Crippen LogP contribution in [0.5, 0.6) is 0 Å². The van der Waals surface area contributed by atoms with Crippen molar-refractivity contribution in [3.8, 4) is 39.1 Å². The predicted octanol–water partition coefficient (Wildman–Crippen LogP) is 15.0. The Morgan fingerprint density at radius 3 is 1.92 bits per heavy atom. The highest BCUT2D eigenvalue weighted by molar-refractivity contribution is 6.73. The molecule has 0 radical (unpaired) electrons. The monoisotopic (exact) mass is 854 g/mol. The van der Waals surface area contributed by atoms with Gasteiger partial charge in [-0.25, -0.2) is 0 Å². The van der Waals surface area contributed by atoms with Gasteiger partial charge in [-0.1, -0.05) is 166 Å². The molecule has 3 aliphatic rings. The molecule has 13 rings (SSSR count). The Balaban J connectivity index is 1.11. The molecule has 3 heterocycles. The fourth-order valence-corrected chi connectivity index (χ4v) is 12.2. The number of para-hydroxylation sites is 1. The van der Waals surface area contributed by atoms with Crippen LogP contribution in [-0.2, 0) is 21.7 Å². The van der Waals surface area contributed by atoms with Gasteiger partial charge in [0.2, 0.25) is 0 Å². The van der Waals surface area contributed by atoms with Crippen LogP contribution < -0.4 is 16.2 Å². The van der Waals surface area contributed by atoms with E-state index >= 15 is 0 Å². The molecule has 4 heteroatoms. The van der Waals surface area contributed by atoms with Crippen LogP contribution in [0.2, 0.25) is 0 Å². The minimum Gasteiger partial charge on any atom is -0.456 e. The molecule has 0 saturated carbocycles. The minimum atomic E-state index is -0.165. The van der Waals surface area contributed by atoms with E-state index < -0.39 is 0 Å². The van der Waals surface area contributed by atoms with Gasteiger partial charge in [-0.15, -0.1) is 0 Å². The lowest BCUT2D eigenvalue weighted by Gasteiger charge is -2.26. The maximum absolute atomic E-state index is 6.63. The minimum absolute atomic E-state index is 0.0324. The van der Waals surface area contributed by atoms with E-state index in [9.17, 15) is 0 Å². The van der Waals surface area contributed by atoms with E-state index in [0.717, 1.165) is 35.2 Å². The summed E-state index contributed by atoms with van der Waals surface area (Å²) >= 11 is 0. The van der Waals surface area contributed by atoms with Crippen LogP contribution in [0, 0.1) is 0 Å². The van der Waals surface area contributed by atoms with Crippen LogP contribution in [0.25, 0.3) is 82.8 Å². The third-order valence-corrected chi connectivity index (χ3v) is 15.9. The molecule has 322 valence electrons. The quantitative estimate of drug-likeness (QED) is 0.179. The molecule has 10 aromatic rings. The van der Waals surface area contributed by atoms with Gasteiger partial charge < -0.3 is 14.3 Å². The maximum Gasteiger partial charge on any atom is 0.198 e. The molecule has 0 bridgehead atoms. The van der Waals surface area contributed by atoms with Gasteiger partial charge in [-0.05, 0) is 120 Å². The second-order valence-corrected chi connectivity index (χ2v) is 22.7. The SMILES string of the molecule is CC(C)(C)c1ccc(Nc2cc3c(cc2-c2ccc4c5cc6c(cc5n5c4c2Bc2cc4c(cc2-5)oc2ccccc24)-c2ccccc2C6(C)C)-c2cc(C(C)(C)C)ccc2C3(C)C)cc1. The second-order valence-electron chi connectivity index (χ2n) is 22.7. The standard InChI is InChI=1S/C62H55BN2O/c1-59(2,3)34-19-22-36(23-20-34)64-52-32-50-42(41-27-35(60(4,5)6)21-26-48(41)62(50,9)10)28-44(52)39-24-25-40-45-29-49-43(37-15-11-13-17-47(37)61(49,7)8)31-53(45)65-54-33-56-46(30-51(54)63-57(39)58(40)65)38-16-12-14-18-55(38)66-56/h11-33,63-64H,1-10H3. The van der Waals surface area contributed by atoms with Crippen molar-refractivity contribution in [1.82, 2.24) is 4.57 Å². The number of nitrogens with zero attached hydrogens (tertiary/aromatic N) is 1. The lowest BCUT2D eigenvalue weighted by Crippen LogP contribution is -2.37. The lowest BCUT2D eigenvalue weighted by molar-refractivity contribution is 0.589. The first-order chi connectivity index (χ1) is 31.5. The lowest BCUT2D eigenvalue weighted by atomic mass is 9.59. The van der Waals surface area contributed by atoms with Crippen LogP contribution in [-0.4, -0.2) is 11.8 Å². The molecule has 0 atom stereocenters. The van der Waals surface area contributed by atoms with Gasteiger partial charge in [0.25, 0.3) is 0 Å². The summed E-state index contributed by atoms with van der Waals surface area (Å²) in [5.41, 5.74) is 26.4. The van der Waals surface area contributed by atoms with E-state index in [1.165, 1.54) is 111 Å². The van der Waals surface area contributed by atoms with Crippen molar-refractivity contribution >= 4 is 73.3 Å². The van der Waals surface area contributed by atoms with Crippen molar-refractivity contribution in [1.29, 1.82) is 0 Å². The maximum atomic E-state index is 6.63. The van der Waals surface area contributed by atoms with E-state index in [0.29, 0.717) is 0 Å². The van der Waals surface area contributed by atoms with Crippen molar-refractivity contribution in [2.45, 2.75) is 90.9 Å². The zero-order valence-corrected chi connectivity index (χ0v) is 39.8. The Morgan fingerprint density at radius 1 is 0.485 bits per heavy atom. The Hall–Kier alpha value is -6.78. The summed E-state index contributed by atoms with van der Waals surface area (Å²) in [6, 6.07) is 53.4. The number of furan rings is 1. The highest BCUT2D eigenvalue weighted by Crippen LogP contribution is 2.54. The number of aromatic nitrogens is 1. The van der Waals surface area contributed by atoms with Crippen molar-refractivity contribution < 1.29 is 4.42 Å². The highest BCUT2D eigenvalue weighted by Gasteiger charge is 2.39. The van der Waals surface area contributed by atoms with Gasteiger partial charge in [0.1, 0.15) is 11.2 Å². The van der Waals surface area contributed by atoms with E-state index in [1.807, 2.05) is 0 Å². The molecule has 1 N–H and O–H groups in total. The third kappa shape index (κ3) is 5.39. The van der Waals surface area contributed by atoms with Crippen LogP contribution >= 0.6 is 0 Å². The average Bonchev–Trinajstić information content (AvgIpc) is 3.95. The smallest absolute Gasteiger partial charge is 0.198 e. The zero-order chi connectivity index (χ0) is 45.4. The molecule has 66 heavy (non-hydrogen) atoms. The fourth-order valence-electron chi connectivity index (χ4n) is 12.2. The summed E-state index contributed by atoms with van der Waals surface area (Å²) in [6.45, 7) is 23.4. The first-order valence-corrected chi connectivity index (χ1v) is 23.9. The predicted molar refractivity (Wildman–Crippen MR) is 282 cm³/mol. The molecule has 3 nitrogen and oxygen atoms in total. The first-order valence-electron chi connectivity index (χ1n) is 23.9. The van der Waals surface area contributed by atoms with Crippen molar-refractivity contribution in [2.75, 3.05) is 5.32 Å². The molecule has 0 unspecified atom stereocenters. The zero-order valence-electron chi connectivity index (χ0n) is 39.8. The molecular weight excluding hydrogens is 800 g/mol. The molecule has 8 aromatic carbocycles. The molecule has 0 spiro atoms. The average molecular weight is 855 g/mol. The summed E-state index contributed by atoms with van der Waals surface area (Å²) in [5.74, 6) is 0. The van der Waals surface area contributed by atoms with Crippen LogP contribution in [0.4, 0.5) is 11.4 Å².